The van der Waals surface area contributed by atoms with Crippen molar-refractivity contribution in [1.29, 1.82) is 0 Å². The summed E-state index contributed by atoms with van der Waals surface area (Å²) >= 11 is 0. The van der Waals surface area contributed by atoms with Crippen molar-refractivity contribution in [3.63, 3.8) is 0 Å². The summed E-state index contributed by atoms with van der Waals surface area (Å²) in [6.07, 6.45) is 13.7. The average molecular weight is 1090 g/mol. The van der Waals surface area contributed by atoms with Crippen LogP contribution in [0.25, 0.3) is 46.3 Å². The molecule has 0 atom stereocenters. The van der Waals surface area contributed by atoms with Crippen molar-refractivity contribution >= 4 is 24.0 Å². The molecule has 2 amide bonds. The molecule has 6 aromatic heterocycles. The zero-order valence-corrected chi connectivity index (χ0v) is 40.4. The molecule has 8 aromatic rings. The molecule has 363 valence electrons. The third kappa shape index (κ3) is 23.7. The van der Waals surface area contributed by atoms with Crippen molar-refractivity contribution in [1.82, 2.24) is 40.5 Å². The van der Waals surface area contributed by atoms with Crippen LogP contribution in [0.15, 0.2) is 196 Å². The van der Waals surface area contributed by atoms with Gasteiger partial charge >= 0.3 is 19.5 Å². The Hall–Kier alpha value is -7.36. The summed E-state index contributed by atoms with van der Waals surface area (Å²) in [5.41, 5.74) is 9.61. The topological polar surface area (TPSA) is 320 Å². The Morgan fingerprint density at radius 2 is 0.676 bits per heavy atom. The maximum atomic E-state index is 12.7. The number of carbonyl (C=O) groups excluding carboxylic acids is 2. The smallest absolute Gasteiger partial charge is 0.348 e. The Morgan fingerprint density at radius 3 is 0.915 bits per heavy atom. The fourth-order valence-electron chi connectivity index (χ4n) is 5.59. The second kappa shape index (κ2) is 30.3. The van der Waals surface area contributed by atoms with Crippen LogP contribution in [-0.2, 0) is 32.6 Å². The number of halogens is 2. The predicted molar refractivity (Wildman–Crippen MR) is 238 cm³/mol. The van der Waals surface area contributed by atoms with Gasteiger partial charge in [0.15, 0.2) is 0 Å². The molecule has 8 rings (SSSR count). The fourth-order valence-corrected chi connectivity index (χ4v) is 5.59. The summed E-state index contributed by atoms with van der Waals surface area (Å²) in [4.78, 5) is 50.9. The minimum absolute atomic E-state index is 0. The van der Waals surface area contributed by atoms with E-state index in [1.54, 1.807) is 73.6 Å². The molecule has 0 aliphatic carbocycles. The maximum Gasteiger partial charge on any atom is 3.00 e. The molecule has 0 aliphatic heterocycles. The van der Waals surface area contributed by atoms with Gasteiger partial charge in [0.25, 0.3) is 11.8 Å². The van der Waals surface area contributed by atoms with Crippen LogP contribution >= 0.6 is 0 Å². The Labute approximate surface area is 425 Å². The quantitative estimate of drug-likeness (QED) is 0.162. The molecule has 71 heavy (non-hydrogen) atoms. The van der Waals surface area contributed by atoms with E-state index in [0.717, 1.165) is 45.0 Å². The summed E-state index contributed by atoms with van der Waals surface area (Å²) in [7, 11) is -9.89. The molecule has 0 aliphatic rings. The van der Waals surface area contributed by atoms with Crippen LogP contribution in [0.5, 0.6) is 0 Å². The molecular formula is C50H42Cl2N8O10Ru+. The van der Waals surface area contributed by atoms with E-state index in [4.69, 9.17) is 37.3 Å². The van der Waals surface area contributed by atoms with Gasteiger partial charge in [-0.1, -0.05) is 98.1 Å². The van der Waals surface area contributed by atoms with Gasteiger partial charge in [-0.2, -0.15) is 0 Å². The van der Waals surface area contributed by atoms with Crippen LogP contribution in [0, 0.1) is 20.5 Å². The predicted octanol–water partition coefficient (Wildman–Crippen LogP) is 0.0623. The molecule has 0 unspecified atom stereocenters. The third-order valence-electron chi connectivity index (χ3n) is 8.83. The van der Waals surface area contributed by atoms with Gasteiger partial charge in [0.05, 0.1) is 34.2 Å². The number of amides is 2. The standard InChI is InChI=1S/C30H26N4O2.2C10H8N2.2ClHO4.Ru/c1-3-21-5-9-23(10-6-21)19-33-29(35)25-13-15-31-27(17-25)28-18-26(14-16-32-28)30(36)34-20-24-11-7-22(4-2)8-12-24;2*1-3-7-11-9(5-1)10-6-2-4-8-12-10;2*2-1(3,4)5;/h3-18H,1-2,19-20H2,(H,33,35)(H,34,36);2*1-8H;2*(H,2,3,4,5);/q;;;;;+3/p-2. The summed E-state index contributed by atoms with van der Waals surface area (Å²) in [6.45, 7) is 8.29. The van der Waals surface area contributed by atoms with E-state index in [-0.39, 0.29) is 31.3 Å². The Balaban J connectivity index is 0.000000306. The van der Waals surface area contributed by atoms with Crippen molar-refractivity contribution < 1.29 is 86.8 Å². The largest absolute Gasteiger partial charge is 3.00 e. The molecule has 1 radical (unpaired) electrons. The Morgan fingerprint density at radius 1 is 0.408 bits per heavy atom. The van der Waals surface area contributed by atoms with Gasteiger partial charge in [-0.25, -0.2) is 37.3 Å². The average Bonchev–Trinajstić information content (AvgIpc) is 3.38. The summed E-state index contributed by atoms with van der Waals surface area (Å²) < 4.78 is 67.9. The van der Waals surface area contributed by atoms with Gasteiger partial charge in [-0.3, -0.25) is 39.5 Å². The summed E-state index contributed by atoms with van der Waals surface area (Å²) in [5.74, 6) is -0.439. The fraction of sp³-hybridized carbons (Fsp3) is 0.0400. The van der Waals surface area contributed by atoms with Crippen molar-refractivity contribution in [2.75, 3.05) is 0 Å². The second-order valence-corrected chi connectivity index (χ2v) is 15.2. The van der Waals surface area contributed by atoms with E-state index >= 15 is 0 Å². The van der Waals surface area contributed by atoms with Gasteiger partial charge in [0.1, 0.15) is 0 Å². The summed E-state index contributed by atoms with van der Waals surface area (Å²) in [6, 6.07) is 45.4. The van der Waals surface area contributed by atoms with Crippen LogP contribution in [0.1, 0.15) is 43.0 Å². The zero-order valence-electron chi connectivity index (χ0n) is 37.2. The molecule has 0 saturated heterocycles. The molecule has 0 spiro atoms. The molecule has 0 fully saturated rings. The molecule has 0 saturated carbocycles. The van der Waals surface area contributed by atoms with Crippen LogP contribution < -0.4 is 47.9 Å². The van der Waals surface area contributed by atoms with Crippen molar-refractivity contribution in [2.45, 2.75) is 13.1 Å². The van der Waals surface area contributed by atoms with E-state index in [0.29, 0.717) is 35.6 Å². The van der Waals surface area contributed by atoms with Gasteiger partial charge < -0.3 is 10.6 Å². The minimum atomic E-state index is -4.94. The molecule has 2 N–H and O–H groups in total. The molecular weight excluding hydrogens is 1040 g/mol. The van der Waals surface area contributed by atoms with E-state index in [2.05, 4.69) is 53.7 Å². The first-order valence-electron chi connectivity index (χ1n) is 20.3. The first kappa shape index (κ1) is 58.0. The third-order valence-corrected chi connectivity index (χ3v) is 8.83. The molecule has 21 heteroatoms. The maximum absolute atomic E-state index is 12.7. The number of rotatable bonds is 11. The van der Waals surface area contributed by atoms with E-state index in [1.807, 2.05) is 121 Å². The van der Waals surface area contributed by atoms with Gasteiger partial charge in [-0.15, -0.1) is 20.5 Å². The first-order chi connectivity index (χ1) is 33.5. The number of pyridine rings is 6. The minimum Gasteiger partial charge on any atom is -0.348 e. The summed E-state index contributed by atoms with van der Waals surface area (Å²) in [5, 5.41) is 5.84. The van der Waals surface area contributed by atoms with Crippen LogP contribution in [-0.4, -0.2) is 41.7 Å². The van der Waals surface area contributed by atoms with Gasteiger partial charge in [0, 0.05) is 61.4 Å². The Bertz CT molecular complexity index is 2550. The van der Waals surface area contributed by atoms with E-state index in [1.165, 1.54) is 0 Å². The number of benzene rings is 2. The SMILES string of the molecule is C=Cc1ccc(CNC(=O)c2ccnc(-c3cc(C(=O)NCc4ccc(C=C)cc4)ccn3)c2)cc1.[O-][Cl+3]([O-])([O-])[O-].[O-][Cl+3]([O-])([O-])[O-].[Ru+3].c1ccc(-c2ccccn2)nc1.c1ccc(-c2ccccn2)nc1. The van der Waals surface area contributed by atoms with Crippen LogP contribution in [0.2, 0.25) is 0 Å². The number of hydrogen-bond donors (Lipinski definition) is 2. The number of aromatic nitrogens is 6. The van der Waals surface area contributed by atoms with Crippen LogP contribution in [0.3, 0.4) is 0 Å². The number of hydrogen-bond acceptors (Lipinski definition) is 16. The molecule has 0 bridgehead atoms. The monoisotopic (exact) mass is 1090 g/mol. The van der Waals surface area contributed by atoms with Crippen molar-refractivity contribution in [3.05, 3.63) is 229 Å². The van der Waals surface area contributed by atoms with E-state index < -0.39 is 20.5 Å². The van der Waals surface area contributed by atoms with Crippen LogP contribution in [0.4, 0.5) is 0 Å². The molecule has 6 heterocycles. The van der Waals surface area contributed by atoms with Crippen molar-refractivity contribution in [2.24, 2.45) is 0 Å². The number of nitrogens with one attached hydrogen (secondary N) is 2. The number of nitrogens with zero attached hydrogens (tertiary/aromatic N) is 6. The zero-order chi connectivity index (χ0) is 50.8. The molecule has 2 aromatic carbocycles. The van der Waals surface area contributed by atoms with E-state index in [9.17, 15) is 9.59 Å². The normalized spacial score (nSPS) is 10.2. The van der Waals surface area contributed by atoms with Crippen molar-refractivity contribution in [3.8, 4) is 34.2 Å². The first-order valence-corrected chi connectivity index (χ1v) is 22.8. The second-order valence-electron chi connectivity index (χ2n) is 13.7. The van der Waals surface area contributed by atoms with Gasteiger partial charge in [0.2, 0.25) is 0 Å². The number of carbonyl (C=O) groups is 2. The van der Waals surface area contributed by atoms with Gasteiger partial charge in [-0.05, 0) is 95.1 Å². The Kier molecular flexibility index (Phi) is 24.7. The molecule has 18 nitrogen and oxygen atoms in total.